The van der Waals surface area contributed by atoms with Crippen LogP contribution in [0.2, 0.25) is 0 Å². The summed E-state index contributed by atoms with van der Waals surface area (Å²) in [7, 11) is 0. The average Bonchev–Trinajstić information content (AvgIpc) is 3.19. The largest absolute Gasteiger partial charge is 0.355 e. The molecule has 1 saturated carbocycles. The molecule has 2 nitrogen and oxygen atoms in total. The molecule has 1 unspecified atom stereocenters. The highest BCUT2D eigenvalue weighted by atomic mass is 35.5. The summed E-state index contributed by atoms with van der Waals surface area (Å²) >= 11 is 6.12. The molecule has 1 aromatic rings. The van der Waals surface area contributed by atoms with Gasteiger partial charge in [0.25, 0.3) is 0 Å². The van der Waals surface area contributed by atoms with E-state index in [0.717, 1.165) is 6.42 Å². The van der Waals surface area contributed by atoms with Gasteiger partial charge in [0.05, 0.1) is 5.38 Å². The van der Waals surface area contributed by atoms with Crippen molar-refractivity contribution >= 4 is 17.5 Å². The van der Waals surface area contributed by atoms with Crippen molar-refractivity contribution in [2.45, 2.75) is 31.1 Å². The van der Waals surface area contributed by atoms with Gasteiger partial charge in [-0.15, -0.1) is 11.6 Å². The molecule has 3 heteroatoms. The van der Waals surface area contributed by atoms with Gasteiger partial charge in [-0.05, 0) is 30.7 Å². The van der Waals surface area contributed by atoms with Crippen LogP contribution in [-0.4, -0.2) is 17.8 Å². The molecule has 0 saturated heterocycles. The minimum Gasteiger partial charge on any atom is -0.355 e. The number of alkyl halides is 1. The zero-order valence-electron chi connectivity index (χ0n) is 9.86. The molecular formula is C14H18ClNO. The van der Waals surface area contributed by atoms with Crippen LogP contribution in [0.4, 0.5) is 0 Å². The molecule has 0 spiro atoms. The van der Waals surface area contributed by atoms with E-state index in [1.54, 1.807) is 0 Å². The van der Waals surface area contributed by atoms with E-state index in [9.17, 15) is 4.79 Å². The second-order valence-electron chi connectivity index (χ2n) is 4.64. The van der Waals surface area contributed by atoms with Crippen LogP contribution in [0.3, 0.4) is 0 Å². The highest BCUT2D eigenvalue weighted by Crippen LogP contribution is 2.35. The van der Waals surface area contributed by atoms with Gasteiger partial charge in [0.1, 0.15) is 0 Å². The van der Waals surface area contributed by atoms with E-state index < -0.39 is 0 Å². The summed E-state index contributed by atoms with van der Waals surface area (Å²) in [6.45, 7) is 0.611. The molecule has 92 valence electrons. The van der Waals surface area contributed by atoms with Gasteiger partial charge in [0.15, 0.2) is 0 Å². The predicted octanol–water partition coefficient (Wildman–Crippen LogP) is 2.75. The quantitative estimate of drug-likeness (QED) is 0.774. The maximum atomic E-state index is 11.6. The van der Waals surface area contributed by atoms with Crippen molar-refractivity contribution in [3.05, 3.63) is 35.9 Å². The van der Waals surface area contributed by atoms with E-state index in [1.165, 1.54) is 18.4 Å². The highest BCUT2D eigenvalue weighted by molar-refractivity contribution is 6.21. The minimum atomic E-state index is 0.0974. The van der Waals surface area contributed by atoms with Crippen molar-refractivity contribution in [2.75, 3.05) is 6.54 Å². The summed E-state index contributed by atoms with van der Waals surface area (Å²) in [6, 6.07) is 10.1. The molecule has 1 aromatic carbocycles. The van der Waals surface area contributed by atoms with Crippen LogP contribution in [-0.2, 0) is 11.2 Å². The van der Waals surface area contributed by atoms with Crippen LogP contribution in [0.15, 0.2) is 30.3 Å². The van der Waals surface area contributed by atoms with E-state index in [-0.39, 0.29) is 11.3 Å². The molecule has 1 aliphatic carbocycles. The Hall–Kier alpha value is -1.02. The topological polar surface area (TPSA) is 29.1 Å². The van der Waals surface area contributed by atoms with E-state index >= 15 is 0 Å². The number of nitrogens with one attached hydrogen (secondary N) is 1. The first kappa shape index (κ1) is 12.4. The maximum Gasteiger partial charge on any atom is 0.220 e. The number of benzene rings is 1. The Morgan fingerprint density at radius 1 is 1.35 bits per heavy atom. The van der Waals surface area contributed by atoms with E-state index in [0.29, 0.717) is 18.9 Å². The average molecular weight is 252 g/mol. The zero-order chi connectivity index (χ0) is 12.1. The van der Waals surface area contributed by atoms with Crippen molar-refractivity contribution in [3.63, 3.8) is 0 Å². The third kappa shape index (κ3) is 4.39. The van der Waals surface area contributed by atoms with Crippen LogP contribution in [0.5, 0.6) is 0 Å². The van der Waals surface area contributed by atoms with Crippen LogP contribution >= 0.6 is 11.6 Å². The van der Waals surface area contributed by atoms with Gasteiger partial charge in [0, 0.05) is 13.0 Å². The second-order valence-corrected chi connectivity index (χ2v) is 5.20. The van der Waals surface area contributed by atoms with Crippen molar-refractivity contribution in [3.8, 4) is 0 Å². The van der Waals surface area contributed by atoms with E-state index in [2.05, 4.69) is 5.32 Å². The molecule has 0 heterocycles. The molecule has 1 N–H and O–H groups in total. The summed E-state index contributed by atoms with van der Waals surface area (Å²) in [5.41, 5.74) is 1.20. The first-order valence-electron chi connectivity index (χ1n) is 6.20. The second kappa shape index (κ2) is 6.06. The normalized spacial score (nSPS) is 16.5. The number of hydrogen-bond acceptors (Lipinski definition) is 1. The SMILES string of the molecule is O=C(CCc1ccccc1)NCC(Cl)C1CC1. The lowest BCUT2D eigenvalue weighted by atomic mass is 10.1. The third-order valence-electron chi connectivity index (χ3n) is 3.11. The zero-order valence-corrected chi connectivity index (χ0v) is 10.6. The molecule has 1 fully saturated rings. The number of carbonyl (C=O) groups is 1. The van der Waals surface area contributed by atoms with E-state index in [1.807, 2.05) is 30.3 Å². The Bertz CT molecular complexity index is 362. The smallest absolute Gasteiger partial charge is 0.220 e. The Balaban J connectivity index is 1.63. The van der Waals surface area contributed by atoms with E-state index in [4.69, 9.17) is 11.6 Å². The Labute approximate surface area is 107 Å². The number of amides is 1. The van der Waals surface area contributed by atoms with Gasteiger partial charge in [0.2, 0.25) is 5.91 Å². The molecule has 0 radical (unpaired) electrons. The molecular weight excluding hydrogens is 234 g/mol. The first-order valence-corrected chi connectivity index (χ1v) is 6.64. The monoisotopic (exact) mass is 251 g/mol. The Morgan fingerprint density at radius 3 is 2.71 bits per heavy atom. The fourth-order valence-electron chi connectivity index (χ4n) is 1.83. The van der Waals surface area contributed by atoms with Crippen LogP contribution < -0.4 is 5.32 Å². The molecule has 2 rings (SSSR count). The van der Waals surface area contributed by atoms with Gasteiger partial charge in [-0.1, -0.05) is 30.3 Å². The summed E-state index contributed by atoms with van der Waals surface area (Å²) in [4.78, 5) is 11.6. The molecule has 0 bridgehead atoms. The van der Waals surface area contributed by atoms with Crippen molar-refractivity contribution < 1.29 is 4.79 Å². The summed E-state index contributed by atoms with van der Waals surface area (Å²) in [5.74, 6) is 0.728. The Morgan fingerprint density at radius 2 is 2.06 bits per heavy atom. The summed E-state index contributed by atoms with van der Waals surface area (Å²) in [6.07, 6.45) is 3.77. The molecule has 0 aliphatic heterocycles. The first-order chi connectivity index (χ1) is 8.25. The van der Waals surface area contributed by atoms with Crippen LogP contribution in [0, 0.1) is 5.92 Å². The van der Waals surface area contributed by atoms with Gasteiger partial charge in [-0.3, -0.25) is 4.79 Å². The molecule has 0 aromatic heterocycles. The lowest BCUT2D eigenvalue weighted by Crippen LogP contribution is -2.30. The van der Waals surface area contributed by atoms with Gasteiger partial charge >= 0.3 is 0 Å². The fourth-order valence-corrected chi connectivity index (χ4v) is 2.16. The predicted molar refractivity (Wildman–Crippen MR) is 70.1 cm³/mol. The fraction of sp³-hybridized carbons (Fsp3) is 0.500. The lowest BCUT2D eigenvalue weighted by Gasteiger charge is -2.09. The summed E-state index contributed by atoms with van der Waals surface area (Å²) < 4.78 is 0. The van der Waals surface area contributed by atoms with Crippen molar-refractivity contribution in [1.29, 1.82) is 0 Å². The number of halogens is 1. The number of aryl methyl sites for hydroxylation is 1. The number of carbonyl (C=O) groups excluding carboxylic acids is 1. The molecule has 1 aliphatic rings. The maximum absolute atomic E-state index is 11.6. The highest BCUT2D eigenvalue weighted by Gasteiger charge is 2.29. The van der Waals surface area contributed by atoms with Gasteiger partial charge in [-0.25, -0.2) is 0 Å². The molecule has 1 atom stereocenters. The Kier molecular flexibility index (Phi) is 4.43. The third-order valence-corrected chi connectivity index (χ3v) is 3.62. The molecule has 1 amide bonds. The van der Waals surface area contributed by atoms with Crippen molar-refractivity contribution in [2.24, 2.45) is 5.92 Å². The lowest BCUT2D eigenvalue weighted by molar-refractivity contribution is -0.121. The van der Waals surface area contributed by atoms with Gasteiger partial charge < -0.3 is 5.32 Å². The standard InChI is InChI=1S/C14H18ClNO/c15-13(12-7-8-12)10-16-14(17)9-6-11-4-2-1-3-5-11/h1-5,12-13H,6-10H2,(H,16,17). The minimum absolute atomic E-state index is 0.0974. The summed E-state index contributed by atoms with van der Waals surface area (Å²) in [5, 5.41) is 3.02. The molecule has 17 heavy (non-hydrogen) atoms. The van der Waals surface area contributed by atoms with Crippen LogP contribution in [0.1, 0.15) is 24.8 Å². The van der Waals surface area contributed by atoms with Crippen LogP contribution in [0.25, 0.3) is 0 Å². The number of rotatable bonds is 6. The van der Waals surface area contributed by atoms with Crippen molar-refractivity contribution in [1.82, 2.24) is 5.32 Å². The number of hydrogen-bond donors (Lipinski definition) is 1. The van der Waals surface area contributed by atoms with Gasteiger partial charge in [-0.2, -0.15) is 0 Å².